The molecule has 22 heteroatoms. The van der Waals surface area contributed by atoms with Gasteiger partial charge in [0.25, 0.3) is 0 Å². The van der Waals surface area contributed by atoms with E-state index in [4.69, 9.17) is 47.7 Å². The second-order valence-corrected chi connectivity index (χ2v) is 18.8. The summed E-state index contributed by atoms with van der Waals surface area (Å²) in [5.41, 5.74) is 0. The summed E-state index contributed by atoms with van der Waals surface area (Å²) in [6.45, 7) is 3.97. The molecule has 0 saturated carbocycles. The lowest BCUT2D eigenvalue weighted by atomic mass is 9.98. The highest BCUT2D eigenvalue weighted by Crippen LogP contribution is 2.33. The molecule has 3 aliphatic rings. The molecule has 17 unspecified atom stereocenters. The first kappa shape index (κ1) is 61.6. The molecule has 0 aromatic rings. The molecule has 0 radical (unpaired) electrons. The van der Waals surface area contributed by atoms with Crippen molar-refractivity contribution in [3.63, 3.8) is 0 Å². The molecule has 70 heavy (non-hydrogen) atoms. The zero-order valence-electron chi connectivity index (χ0n) is 41.4. The molecule has 22 nitrogen and oxygen atoms in total. The number of hydrogen-bond donors (Lipinski definition) is 9. The summed E-state index contributed by atoms with van der Waals surface area (Å²) in [5, 5.41) is 95.3. The summed E-state index contributed by atoms with van der Waals surface area (Å²) in [6, 6.07) is 0. The van der Waals surface area contributed by atoms with Gasteiger partial charge >= 0.3 is 23.9 Å². The first-order valence-electron chi connectivity index (χ1n) is 25.3. The van der Waals surface area contributed by atoms with E-state index in [9.17, 15) is 60.0 Å². The maximum atomic E-state index is 12.0. The lowest BCUT2D eigenvalue weighted by Gasteiger charge is -2.47. The standard InChI is InChI=1S/C48H84O22/c1-5-6-20-31(21-19-24-33(53)32(52)22-17-15-13-11-9-7-8-10-12-14-16-18-23-34(54)45(60)61)67-47-43(38(56)35(55)25-63-47)70-48-44(39(57)36(26-64-48)65-29(3)50)69-46-41(59)40(58)42(66-30(4)51)37(68-46)27-62-28(2)49/h31-44,46-48,52-59H,5-27H2,1-4H3,(H,60,61). The molecule has 3 fully saturated rings. The van der Waals surface area contributed by atoms with Crippen LogP contribution in [0.4, 0.5) is 0 Å². The van der Waals surface area contributed by atoms with Crippen LogP contribution in [0.1, 0.15) is 156 Å². The molecule has 0 aromatic carbocycles. The fourth-order valence-electron chi connectivity index (χ4n) is 8.78. The monoisotopic (exact) mass is 1010 g/mol. The minimum absolute atomic E-state index is 0.297. The second kappa shape index (κ2) is 33.2. The number of carbonyl (C=O) groups is 4. The Kier molecular flexibility index (Phi) is 29.2. The van der Waals surface area contributed by atoms with Gasteiger partial charge in [-0.15, -0.1) is 0 Å². The van der Waals surface area contributed by atoms with E-state index in [2.05, 4.69) is 0 Å². The number of aliphatic carboxylic acids is 1. The number of rotatable bonds is 34. The molecule has 9 N–H and O–H groups in total. The number of unbranched alkanes of at least 4 members (excludes halogenated alkanes) is 12. The topological polar surface area (TPSA) is 333 Å². The Bertz CT molecular complexity index is 1490. The minimum atomic E-state index is -1.94. The first-order chi connectivity index (χ1) is 33.3. The Morgan fingerprint density at radius 3 is 1.61 bits per heavy atom. The van der Waals surface area contributed by atoms with Gasteiger partial charge in [-0.1, -0.05) is 96.8 Å². The highest BCUT2D eigenvalue weighted by molar-refractivity contribution is 5.71. The minimum Gasteiger partial charge on any atom is -0.479 e. The van der Waals surface area contributed by atoms with Crippen molar-refractivity contribution in [3.8, 4) is 0 Å². The highest BCUT2D eigenvalue weighted by Gasteiger charge is 2.53. The number of carbonyl (C=O) groups excluding carboxylic acids is 3. The first-order valence-corrected chi connectivity index (χ1v) is 25.3. The second-order valence-electron chi connectivity index (χ2n) is 18.8. The van der Waals surface area contributed by atoms with Crippen molar-refractivity contribution in [1.82, 2.24) is 0 Å². The smallest absolute Gasteiger partial charge is 0.332 e. The maximum absolute atomic E-state index is 12.0. The van der Waals surface area contributed by atoms with Gasteiger partial charge in [-0.3, -0.25) is 14.4 Å². The van der Waals surface area contributed by atoms with Gasteiger partial charge in [0.05, 0.1) is 31.5 Å². The molecule has 3 saturated heterocycles. The lowest BCUT2D eigenvalue weighted by molar-refractivity contribution is -0.380. The van der Waals surface area contributed by atoms with Crippen molar-refractivity contribution >= 4 is 23.9 Å². The van der Waals surface area contributed by atoms with Crippen LogP contribution >= 0.6 is 0 Å². The van der Waals surface area contributed by atoms with Crippen LogP contribution < -0.4 is 0 Å². The van der Waals surface area contributed by atoms with Gasteiger partial charge in [-0.25, -0.2) is 4.79 Å². The molecule has 0 aliphatic carbocycles. The highest BCUT2D eigenvalue weighted by atomic mass is 16.8. The summed E-state index contributed by atoms with van der Waals surface area (Å²) in [6.07, 6.45) is -8.11. The summed E-state index contributed by atoms with van der Waals surface area (Å²) < 4.78 is 51.6. The van der Waals surface area contributed by atoms with Gasteiger partial charge < -0.3 is 88.6 Å². The molecule has 0 amide bonds. The van der Waals surface area contributed by atoms with Crippen molar-refractivity contribution in [1.29, 1.82) is 0 Å². The Morgan fingerprint density at radius 1 is 0.543 bits per heavy atom. The molecule has 0 aromatic heterocycles. The quantitative estimate of drug-likeness (QED) is 0.0252. The van der Waals surface area contributed by atoms with Crippen LogP contribution in [0.3, 0.4) is 0 Å². The Balaban J connectivity index is 1.55. The number of esters is 3. The summed E-state index contributed by atoms with van der Waals surface area (Å²) in [4.78, 5) is 46.1. The van der Waals surface area contributed by atoms with Crippen LogP contribution in [0.5, 0.6) is 0 Å². The Morgan fingerprint density at radius 2 is 1.06 bits per heavy atom. The average Bonchev–Trinajstić information content (AvgIpc) is 3.30. The number of hydrogen-bond acceptors (Lipinski definition) is 21. The third kappa shape index (κ3) is 21.8. The largest absolute Gasteiger partial charge is 0.479 e. The molecule has 3 aliphatic heterocycles. The fraction of sp³-hybridized carbons (Fsp3) is 0.917. The third-order valence-corrected chi connectivity index (χ3v) is 12.8. The molecular weight excluding hydrogens is 929 g/mol. The molecular formula is C48H84O22. The van der Waals surface area contributed by atoms with E-state index in [1.807, 2.05) is 6.92 Å². The summed E-state index contributed by atoms with van der Waals surface area (Å²) in [5.74, 6) is -3.51. The van der Waals surface area contributed by atoms with E-state index in [0.717, 1.165) is 104 Å². The van der Waals surface area contributed by atoms with Crippen LogP contribution in [-0.4, -0.2) is 194 Å². The number of aliphatic hydroxyl groups is 8. The van der Waals surface area contributed by atoms with E-state index in [1.54, 1.807) is 0 Å². The van der Waals surface area contributed by atoms with Crippen molar-refractivity contribution in [2.24, 2.45) is 0 Å². The van der Waals surface area contributed by atoms with Crippen LogP contribution in [0.2, 0.25) is 0 Å². The zero-order valence-corrected chi connectivity index (χ0v) is 41.4. The van der Waals surface area contributed by atoms with E-state index >= 15 is 0 Å². The van der Waals surface area contributed by atoms with Crippen LogP contribution in [0.15, 0.2) is 0 Å². The average molecular weight is 1010 g/mol. The van der Waals surface area contributed by atoms with Gasteiger partial charge in [-0.2, -0.15) is 0 Å². The van der Waals surface area contributed by atoms with Gasteiger partial charge in [-0.05, 0) is 38.5 Å². The van der Waals surface area contributed by atoms with Crippen LogP contribution in [0, 0.1) is 0 Å². The maximum Gasteiger partial charge on any atom is 0.332 e. The molecule has 17 atom stereocenters. The molecule has 3 heterocycles. The van der Waals surface area contributed by atoms with Gasteiger partial charge in [0.15, 0.2) is 37.2 Å². The lowest BCUT2D eigenvalue weighted by Crippen LogP contribution is -2.65. The Hall–Kier alpha value is -2.68. The molecule has 0 spiro atoms. The van der Waals surface area contributed by atoms with Crippen molar-refractivity contribution in [2.45, 2.75) is 260 Å². The van der Waals surface area contributed by atoms with Crippen molar-refractivity contribution < 1.29 is 108 Å². The number of ether oxygens (including phenoxy) is 9. The van der Waals surface area contributed by atoms with E-state index < -0.39 is 141 Å². The predicted molar refractivity (Wildman–Crippen MR) is 244 cm³/mol. The summed E-state index contributed by atoms with van der Waals surface area (Å²) >= 11 is 0. The number of carboxylic acids is 1. The Labute approximate surface area is 411 Å². The normalized spacial score (nSPS) is 31.0. The van der Waals surface area contributed by atoms with Gasteiger partial charge in [0, 0.05) is 20.8 Å². The fourth-order valence-corrected chi connectivity index (χ4v) is 8.78. The van der Waals surface area contributed by atoms with Crippen LogP contribution in [0.25, 0.3) is 0 Å². The molecule has 0 bridgehead atoms. The van der Waals surface area contributed by atoms with E-state index in [0.29, 0.717) is 44.9 Å². The van der Waals surface area contributed by atoms with Gasteiger partial charge in [0.1, 0.15) is 55.4 Å². The zero-order chi connectivity index (χ0) is 51.8. The number of carboxylic acid groups (broad SMARTS) is 1. The van der Waals surface area contributed by atoms with Crippen molar-refractivity contribution in [2.75, 3.05) is 19.8 Å². The third-order valence-electron chi connectivity index (χ3n) is 12.8. The molecule has 408 valence electrons. The van der Waals surface area contributed by atoms with E-state index in [1.165, 1.54) is 0 Å². The SMILES string of the molecule is CCCCC(CCCC(O)C(O)CCCCCCCCCCCCCCC(O)C(=O)O)OC1OCC(O)C(O)C1OC1OCC(OC(C)=O)C(O)C1OC1OC(COC(C)=O)C(OC(C)=O)C(O)C1O. The number of aliphatic hydroxyl groups excluding tert-OH is 8. The van der Waals surface area contributed by atoms with E-state index in [-0.39, 0.29) is 6.61 Å². The van der Waals surface area contributed by atoms with Crippen LogP contribution in [-0.2, 0) is 61.8 Å². The molecule has 3 rings (SSSR count). The summed E-state index contributed by atoms with van der Waals surface area (Å²) in [7, 11) is 0. The van der Waals surface area contributed by atoms with Crippen molar-refractivity contribution in [3.05, 3.63) is 0 Å². The predicted octanol–water partition coefficient (Wildman–Crippen LogP) is 1.80. The van der Waals surface area contributed by atoms with Gasteiger partial charge in [0.2, 0.25) is 0 Å².